The first-order chi connectivity index (χ1) is 10.3. The van der Waals surface area contributed by atoms with Gasteiger partial charge in [0.05, 0.1) is 6.54 Å². The highest BCUT2D eigenvalue weighted by molar-refractivity contribution is 9.10. The molecule has 0 bridgehead atoms. The zero-order valence-electron chi connectivity index (χ0n) is 11.9. The quantitative estimate of drug-likeness (QED) is 0.916. The summed E-state index contributed by atoms with van der Waals surface area (Å²) < 4.78 is 6.45. The molecule has 0 saturated carbocycles. The second-order valence-corrected chi connectivity index (χ2v) is 6.21. The Morgan fingerprint density at radius 2 is 2.24 bits per heavy atom. The van der Waals surface area contributed by atoms with E-state index in [1.807, 2.05) is 12.1 Å². The Morgan fingerprint density at radius 1 is 1.29 bits per heavy atom. The molecule has 3 rings (SSSR count). The van der Waals surface area contributed by atoms with Crippen LogP contribution in [0.5, 0.6) is 0 Å². The van der Waals surface area contributed by atoms with Gasteiger partial charge in [0.2, 0.25) is 5.89 Å². The number of benzene rings is 1. The van der Waals surface area contributed by atoms with Crippen molar-refractivity contribution in [3.63, 3.8) is 0 Å². The molecular weight excluding hydrogens is 332 g/mol. The summed E-state index contributed by atoms with van der Waals surface area (Å²) in [5, 5.41) is 7.48. The maximum absolute atomic E-state index is 5.38. The Labute approximate surface area is 132 Å². The maximum Gasteiger partial charge on any atom is 0.240 e. The third-order valence-electron chi connectivity index (χ3n) is 3.55. The Kier molecular flexibility index (Phi) is 5.00. The molecule has 1 fully saturated rings. The monoisotopic (exact) mass is 350 g/mol. The summed E-state index contributed by atoms with van der Waals surface area (Å²) in [6.45, 7) is 4.97. The first-order valence-electron chi connectivity index (χ1n) is 7.28. The molecule has 2 aromatic rings. The first kappa shape index (κ1) is 14.7. The van der Waals surface area contributed by atoms with Gasteiger partial charge in [-0.15, -0.1) is 0 Å². The van der Waals surface area contributed by atoms with Crippen molar-refractivity contribution in [3.8, 4) is 0 Å². The predicted molar refractivity (Wildman–Crippen MR) is 84.0 cm³/mol. The van der Waals surface area contributed by atoms with E-state index in [2.05, 4.69) is 48.4 Å². The van der Waals surface area contributed by atoms with Crippen molar-refractivity contribution in [1.82, 2.24) is 20.4 Å². The van der Waals surface area contributed by atoms with E-state index in [1.54, 1.807) is 0 Å². The molecule has 2 heterocycles. The fraction of sp³-hybridized carbons (Fsp3) is 0.467. The largest absolute Gasteiger partial charge is 0.338 e. The summed E-state index contributed by atoms with van der Waals surface area (Å²) in [5.41, 5.74) is 1.18. The average molecular weight is 351 g/mol. The highest BCUT2D eigenvalue weighted by atomic mass is 79.9. The van der Waals surface area contributed by atoms with E-state index in [0.29, 0.717) is 12.3 Å². The molecule has 1 aliphatic rings. The van der Waals surface area contributed by atoms with Crippen LogP contribution in [-0.4, -0.2) is 41.2 Å². The van der Waals surface area contributed by atoms with Crippen LogP contribution >= 0.6 is 15.9 Å². The van der Waals surface area contributed by atoms with E-state index in [9.17, 15) is 0 Å². The van der Waals surface area contributed by atoms with Crippen LogP contribution in [0.1, 0.15) is 23.7 Å². The molecule has 0 atom stereocenters. The van der Waals surface area contributed by atoms with Gasteiger partial charge in [0.25, 0.3) is 0 Å². The highest BCUT2D eigenvalue weighted by Crippen LogP contribution is 2.14. The van der Waals surface area contributed by atoms with E-state index in [4.69, 9.17) is 4.52 Å². The predicted octanol–water partition coefficient (Wildman–Crippen LogP) is 2.22. The van der Waals surface area contributed by atoms with Crippen molar-refractivity contribution >= 4 is 15.9 Å². The Balaban J connectivity index is 1.60. The number of halogens is 1. The van der Waals surface area contributed by atoms with Gasteiger partial charge in [-0.3, -0.25) is 4.90 Å². The van der Waals surface area contributed by atoms with E-state index in [1.165, 1.54) is 12.0 Å². The van der Waals surface area contributed by atoms with Gasteiger partial charge in [0, 0.05) is 24.0 Å². The lowest BCUT2D eigenvalue weighted by Gasteiger charge is -2.16. The number of nitrogens with zero attached hydrogens (tertiary/aromatic N) is 3. The molecule has 112 valence electrons. The minimum absolute atomic E-state index is 0.699. The van der Waals surface area contributed by atoms with Gasteiger partial charge in [-0.1, -0.05) is 33.2 Å². The molecule has 0 aliphatic carbocycles. The molecule has 1 aliphatic heterocycles. The third-order valence-corrected chi connectivity index (χ3v) is 4.05. The van der Waals surface area contributed by atoms with Crippen LogP contribution in [0.4, 0.5) is 0 Å². The number of nitrogens with one attached hydrogen (secondary N) is 1. The standard InChI is InChI=1S/C15H19BrN4O/c16-13-4-1-3-12(9-13)10-14-18-15(21-19-14)11-20-7-2-5-17-6-8-20/h1,3-4,9,17H,2,5-8,10-11H2. The van der Waals surface area contributed by atoms with Crippen LogP contribution in [0.2, 0.25) is 0 Å². The van der Waals surface area contributed by atoms with Crippen LogP contribution in [0.3, 0.4) is 0 Å². The van der Waals surface area contributed by atoms with Crippen LogP contribution in [0, 0.1) is 0 Å². The van der Waals surface area contributed by atoms with Gasteiger partial charge in [-0.05, 0) is 37.2 Å². The molecule has 1 saturated heterocycles. The molecule has 6 heteroatoms. The minimum Gasteiger partial charge on any atom is -0.338 e. The smallest absolute Gasteiger partial charge is 0.240 e. The van der Waals surface area contributed by atoms with Crippen LogP contribution in [-0.2, 0) is 13.0 Å². The van der Waals surface area contributed by atoms with Crippen molar-refractivity contribution < 1.29 is 4.52 Å². The normalized spacial score (nSPS) is 16.8. The summed E-state index contributed by atoms with van der Waals surface area (Å²) in [6.07, 6.45) is 1.86. The van der Waals surface area contributed by atoms with E-state index in [0.717, 1.165) is 43.0 Å². The molecule has 21 heavy (non-hydrogen) atoms. The molecule has 0 spiro atoms. The molecule has 0 amide bonds. The van der Waals surface area contributed by atoms with Crippen molar-refractivity contribution in [3.05, 3.63) is 46.0 Å². The van der Waals surface area contributed by atoms with Gasteiger partial charge in [-0.2, -0.15) is 4.98 Å². The van der Waals surface area contributed by atoms with Crippen LogP contribution in [0.15, 0.2) is 33.3 Å². The second-order valence-electron chi connectivity index (χ2n) is 5.29. The molecule has 5 nitrogen and oxygen atoms in total. The topological polar surface area (TPSA) is 54.2 Å². The number of aromatic nitrogens is 2. The fourth-order valence-electron chi connectivity index (χ4n) is 2.51. The first-order valence-corrected chi connectivity index (χ1v) is 8.08. The van der Waals surface area contributed by atoms with Gasteiger partial charge >= 0.3 is 0 Å². The molecule has 0 unspecified atom stereocenters. The van der Waals surface area contributed by atoms with Gasteiger partial charge in [0.1, 0.15) is 0 Å². The molecular formula is C15H19BrN4O. The second kappa shape index (κ2) is 7.15. The summed E-state index contributed by atoms with van der Waals surface area (Å²) in [7, 11) is 0. The highest BCUT2D eigenvalue weighted by Gasteiger charge is 2.13. The lowest BCUT2D eigenvalue weighted by Crippen LogP contribution is -2.27. The Morgan fingerprint density at radius 3 is 3.14 bits per heavy atom. The molecule has 1 N–H and O–H groups in total. The van der Waals surface area contributed by atoms with Crippen molar-refractivity contribution in [2.75, 3.05) is 26.2 Å². The Hall–Kier alpha value is -1.24. The van der Waals surface area contributed by atoms with Crippen molar-refractivity contribution in [2.45, 2.75) is 19.4 Å². The van der Waals surface area contributed by atoms with E-state index in [-0.39, 0.29) is 0 Å². The molecule has 0 radical (unpaired) electrons. The van der Waals surface area contributed by atoms with Gasteiger partial charge < -0.3 is 9.84 Å². The number of hydrogen-bond acceptors (Lipinski definition) is 5. The summed E-state index contributed by atoms with van der Waals surface area (Å²) in [4.78, 5) is 6.86. The zero-order chi connectivity index (χ0) is 14.5. The summed E-state index contributed by atoms with van der Waals surface area (Å²) in [6, 6.07) is 8.18. The summed E-state index contributed by atoms with van der Waals surface area (Å²) in [5.74, 6) is 1.46. The molecule has 1 aromatic carbocycles. The van der Waals surface area contributed by atoms with Crippen molar-refractivity contribution in [1.29, 1.82) is 0 Å². The van der Waals surface area contributed by atoms with E-state index >= 15 is 0 Å². The van der Waals surface area contributed by atoms with Crippen LogP contribution < -0.4 is 5.32 Å². The van der Waals surface area contributed by atoms with Crippen molar-refractivity contribution in [2.24, 2.45) is 0 Å². The summed E-state index contributed by atoms with van der Waals surface area (Å²) >= 11 is 3.48. The molecule has 1 aromatic heterocycles. The van der Waals surface area contributed by atoms with Gasteiger partial charge in [0.15, 0.2) is 5.82 Å². The number of rotatable bonds is 4. The minimum atomic E-state index is 0.699. The lowest BCUT2D eigenvalue weighted by atomic mass is 10.1. The lowest BCUT2D eigenvalue weighted by molar-refractivity contribution is 0.238. The SMILES string of the molecule is Brc1cccc(Cc2noc(CN3CCCNCC3)n2)c1. The van der Waals surface area contributed by atoms with Gasteiger partial charge in [-0.25, -0.2) is 0 Å². The fourth-order valence-corrected chi connectivity index (χ4v) is 2.95. The van der Waals surface area contributed by atoms with E-state index < -0.39 is 0 Å². The van der Waals surface area contributed by atoms with Crippen LogP contribution in [0.25, 0.3) is 0 Å². The zero-order valence-corrected chi connectivity index (χ0v) is 13.5. The number of hydrogen-bond donors (Lipinski definition) is 1. The average Bonchev–Trinajstić information content (AvgIpc) is 2.73. The maximum atomic E-state index is 5.38. The Bertz CT molecular complexity index is 579. The third kappa shape index (κ3) is 4.36.